The smallest absolute Gasteiger partial charge is 0.289 e. The summed E-state index contributed by atoms with van der Waals surface area (Å²) in [5.74, 6) is 0.201. The first-order valence-corrected chi connectivity index (χ1v) is 10.4. The normalized spacial score (nSPS) is 11.1. The first kappa shape index (κ1) is 22.4. The molecule has 4 rings (SSSR count). The molecule has 4 aromatic rings. The SMILES string of the molecule is C/C(=N\NC(=O)c1cc(-c2cccc(OCc3ccccc3)c2)n[nH]1)c1cccc([N+](=O)[O-])c1. The second-order valence-electron chi connectivity index (χ2n) is 7.41. The number of aromatic nitrogens is 2. The van der Waals surface area contributed by atoms with Gasteiger partial charge in [-0.25, -0.2) is 5.43 Å². The fourth-order valence-corrected chi connectivity index (χ4v) is 3.18. The van der Waals surface area contributed by atoms with Gasteiger partial charge in [-0.15, -0.1) is 0 Å². The molecule has 0 spiro atoms. The Morgan fingerprint density at radius 1 is 1.06 bits per heavy atom. The molecular formula is C25H21N5O4. The van der Waals surface area contributed by atoms with Crippen molar-refractivity contribution >= 4 is 17.3 Å². The van der Waals surface area contributed by atoms with Crippen LogP contribution < -0.4 is 10.2 Å². The molecule has 0 aliphatic rings. The van der Waals surface area contributed by atoms with Crippen molar-refractivity contribution in [2.24, 2.45) is 5.10 Å². The van der Waals surface area contributed by atoms with Crippen molar-refractivity contribution < 1.29 is 14.5 Å². The van der Waals surface area contributed by atoms with Gasteiger partial charge in [-0.1, -0.05) is 54.6 Å². The number of hydrazone groups is 1. The van der Waals surface area contributed by atoms with Crippen molar-refractivity contribution in [2.45, 2.75) is 13.5 Å². The third-order valence-corrected chi connectivity index (χ3v) is 5.00. The van der Waals surface area contributed by atoms with Crippen molar-refractivity contribution in [1.82, 2.24) is 15.6 Å². The van der Waals surface area contributed by atoms with E-state index in [-0.39, 0.29) is 11.4 Å². The van der Waals surface area contributed by atoms with Crippen LogP contribution in [0.25, 0.3) is 11.3 Å². The Balaban J connectivity index is 1.42. The molecule has 3 aromatic carbocycles. The summed E-state index contributed by atoms with van der Waals surface area (Å²) in [6.45, 7) is 2.10. The van der Waals surface area contributed by atoms with Gasteiger partial charge in [0.2, 0.25) is 0 Å². The van der Waals surface area contributed by atoms with Gasteiger partial charge in [0.05, 0.1) is 16.3 Å². The highest BCUT2D eigenvalue weighted by Crippen LogP contribution is 2.23. The Kier molecular flexibility index (Phi) is 6.73. The molecule has 0 bridgehead atoms. The zero-order valence-corrected chi connectivity index (χ0v) is 18.3. The van der Waals surface area contributed by atoms with Gasteiger partial charge in [-0.05, 0) is 30.7 Å². The number of H-pyrrole nitrogens is 1. The molecule has 1 aromatic heterocycles. The first-order chi connectivity index (χ1) is 16.5. The monoisotopic (exact) mass is 455 g/mol. The van der Waals surface area contributed by atoms with Crippen LogP contribution in [-0.2, 0) is 6.61 Å². The number of rotatable bonds is 8. The number of aromatic amines is 1. The van der Waals surface area contributed by atoms with Gasteiger partial charge in [0.1, 0.15) is 18.1 Å². The maximum absolute atomic E-state index is 12.5. The van der Waals surface area contributed by atoms with Crippen molar-refractivity contribution in [3.8, 4) is 17.0 Å². The summed E-state index contributed by atoms with van der Waals surface area (Å²) in [6.07, 6.45) is 0. The predicted octanol–water partition coefficient (Wildman–Crippen LogP) is 4.72. The number of nitrogens with zero attached hydrogens (tertiary/aromatic N) is 3. The summed E-state index contributed by atoms with van der Waals surface area (Å²) in [5.41, 5.74) is 6.01. The molecule has 0 unspecified atom stereocenters. The molecule has 0 aliphatic heterocycles. The lowest BCUT2D eigenvalue weighted by atomic mass is 10.1. The summed E-state index contributed by atoms with van der Waals surface area (Å²) < 4.78 is 5.86. The fraction of sp³-hybridized carbons (Fsp3) is 0.0800. The minimum Gasteiger partial charge on any atom is -0.489 e. The molecule has 170 valence electrons. The van der Waals surface area contributed by atoms with Crippen LogP contribution in [0.1, 0.15) is 28.5 Å². The summed E-state index contributed by atoms with van der Waals surface area (Å²) in [7, 11) is 0. The maximum atomic E-state index is 12.5. The van der Waals surface area contributed by atoms with Crippen molar-refractivity contribution in [3.05, 3.63) is 112 Å². The van der Waals surface area contributed by atoms with E-state index >= 15 is 0 Å². The molecule has 9 nitrogen and oxygen atoms in total. The summed E-state index contributed by atoms with van der Waals surface area (Å²) in [5, 5.41) is 21.9. The number of non-ortho nitro benzene ring substituents is 1. The van der Waals surface area contributed by atoms with Crippen molar-refractivity contribution in [3.63, 3.8) is 0 Å². The number of nitro groups is 1. The van der Waals surface area contributed by atoms with E-state index in [4.69, 9.17) is 4.74 Å². The van der Waals surface area contributed by atoms with Crippen LogP contribution in [-0.4, -0.2) is 26.7 Å². The maximum Gasteiger partial charge on any atom is 0.289 e. The van der Waals surface area contributed by atoms with Gasteiger partial charge in [-0.3, -0.25) is 20.0 Å². The highest BCUT2D eigenvalue weighted by Gasteiger charge is 2.12. The number of nitro benzene ring substituents is 1. The number of carbonyl (C=O) groups excluding carboxylic acids is 1. The lowest BCUT2D eigenvalue weighted by Gasteiger charge is -2.07. The molecule has 0 saturated carbocycles. The number of hydrogen-bond acceptors (Lipinski definition) is 6. The Labute approximate surface area is 195 Å². The third kappa shape index (κ3) is 5.52. The van der Waals surface area contributed by atoms with Crippen LogP contribution in [0.2, 0.25) is 0 Å². The minimum atomic E-state index is -0.486. The molecule has 0 radical (unpaired) electrons. The average Bonchev–Trinajstić information content (AvgIpc) is 3.37. The van der Waals surface area contributed by atoms with Crippen molar-refractivity contribution in [2.75, 3.05) is 0 Å². The summed E-state index contributed by atoms with van der Waals surface area (Å²) >= 11 is 0. The number of amides is 1. The molecule has 34 heavy (non-hydrogen) atoms. The fourth-order valence-electron chi connectivity index (χ4n) is 3.18. The van der Waals surface area contributed by atoms with Gasteiger partial charge in [-0.2, -0.15) is 10.2 Å². The van der Waals surface area contributed by atoms with E-state index in [2.05, 4.69) is 20.7 Å². The average molecular weight is 455 g/mol. The van der Waals surface area contributed by atoms with E-state index in [0.717, 1.165) is 11.1 Å². The van der Waals surface area contributed by atoms with Gasteiger partial charge in [0, 0.05) is 23.3 Å². The second kappa shape index (κ2) is 10.2. The molecule has 0 fully saturated rings. The Hall–Kier alpha value is -4.79. The lowest BCUT2D eigenvalue weighted by molar-refractivity contribution is -0.384. The number of ether oxygens (including phenoxy) is 1. The van der Waals surface area contributed by atoms with E-state index in [1.807, 2.05) is 54.6 Å². The minimum absolute atomic E-state index is 0.0495. The quantitative estimate of drug-likeness (QED) is 0.226. The Bertz CT molecular complexity index is 1350. The Morgan fingerprint density at radius 3 is 2.65 bits per heavy atom. The van der Waals surface area contributed by atoms with Crippen LogP contribution in [0.4, 0.5) is 5.69 Å². The molecule has 1 amide bonds. The van der Waals surface area contributed by atoms with Gasteiger partial charge in [0.25, 0.3) is 11.6 Å². The van der Waals surface area contributed by atoms with Crippen LogP contribution in [0.5, 0.6) is 5.75 Å². The van der Waals surface area contributed by atoms with E-state index in [0.29, 0.717) is 29.3 Å². The molecular weight excluding hydrogens is 434 g/mol. The molecule has 1 heterocycles. The topological polar surface area (TPSA) is 123 Å². The number of nitrogens with one attached hydrogen (secondary N) is 2. The van der Waals surface area contributed by atoms with E-state index in [1.54, 1.807) is 25.1 Å². The van der Waals surface area contributed by atoms with Gasteiger partial charge >= 0.3 is 0 Å². The molecule has 0 saturated heterocycles. The molecule has 0 atom stereocenters. The number of carbonyl (C=O) groups is 1. The van der Waals surface area contributed by atoms with E-state index in [9.17, 15) is 14.9 Å². The zero-order chi connectivity index (χ0) is 23.9. The summed E-state index contributed by atoms with van der Waals surface area (Å²) in [6, 6.07) is 24.9. The second-order valence-corrected chi connectivity index (χ2v) is 7.41. The van der Waals surface area contributed by atoms with Gasteiger partial charge in [0.15, 0.2) is 0 Å². The van der Waals surface area contributed by atoms with Crippen LogP contribution >= 0.6 is 0 Å². The van der Waals surface area contributed by atoms with Crippen LogP contribution in [0, 0.1) is 10.1 Å². The first-order valence-electron chi connectivity index (χ1n) is 10.4. The van der Waals surface area contributed by atoms with E-state index in [1.165, 1.54) is 12.1 Å². The third-order valence-electron chi connectivity index (χ3n) is 5.00. The molecule has 2 N–H and O–H groups in total. The largest absolute Gasteiger partial charge is 0.489 e. The van der Waals surface area contributed by atoms with Crippen molar-refractivity contribution in [1.29, 1.82) is 0 Å². The van der Waals surface area contributed by atoms with Crippen LogP contribution in [0.3, 0.4) is 0 Å². The number of benzene rings is 3. The Morgan fingerprint density at radius 2 is 1.85 bits per heavy atom. The standard InChI is InChI=1S/C25H21N5O4/c1-17(19-9-5-11-21(13-19)30(32)33)26-29-25(31)24-15-23(27-28-24)20-10-6-12-22(14-20)34-16-18-7-3-2-4-8-18/h2-15H,16H2,1H3,(H,27,28)(H,29,31)/b26-17+. The highest BCUT2D eigenvalue weighted by atomic mass is 16.6. The highest BCUT2D eigenvalue weighted by molar-refractivity contribution is 6.01. The number of hydrogen-bond donors (Lipinski definition) is 2. The van der Waals surface area contributed by atoms with E-state index < -0.39 is 10.8 Å². The molecule has 9 heteroatoms. The lowest BCUT2D eigenvalue weighted by Crippen LogP contribution is -2.19. The van der Waals surface area contributed by atoms with Gasteiger partial charge < -0.3 is 4.74 Å². The summed E-state index contributed by atoms with van der Waals surface area (Å²) in [4.78, 5) is 23.0. The predicted molar refractivity (Wildman–Crippen MR) is 128 cm³/mol. The zero-order valence-electron chi connectivity index (χ0n) is 18.3. The van der Waals surface area contributed by atoms with Crippen LogP contribution in [0.15, 0.2) is 90.0 Å². The molecule has 0 aliphatic carbocycles.